The monoisotopic (exact) mass is 389 g/mol. The van der Waals surface area contributed by atoms with Crippen molar-refractivity contribution >= 4 is 17.3 Å². The van der Waals surface area contributed by atoms with Gasteiger partial charge in [0.2, 0.25) is 0 Å². The van der Waals surface area contributed by atoms with E-state index in [1.165, 1.54) is 12.1 Å². The number of nitro benzene ring substituents is 1. The maximum atomic E-state index is 13.0. The van der Waals surface area contributed by atoms with Crippen molar-refractivity contribution in [2.75, 3.05) is 0 Å². The van der Waals surface area contributed by atoms with Gasteiger partial charge in [-0.15, -0.1) is 0 Å². The minimum atomic E-state index is -1.95. The first-order chi connectivity index (χ1) is 13.9. The Balaban J connectivity index is 1.93. The van der Waals surface area contributed by atoms with Crippen LogP contribution in [0, 0.1) is 10.1 Å². The van der Waals surface area contributed by atoms with Crippen LogP contribution < -0.4 is 5.43 Å². The van der Waals surface area contributed by atoms with Crippen molar-refractivity contribution in [3.8, 4) is 0 Å². The Hall–Kier alpha value is -3.84. The van der Waals surface area contributed by atoms with Gasteiger partial charge in [-0.25, -0.2) is 5.43 Å². The number of hydrazone groups is 1. The molecule has 0 aliphatic carbocycles. The minimum absolute atomic E-state index is 0.0755. The molecule has 7 heteroatoms. The van der Waals surface area contributed by atoms with Gasteiger partial charge in [0.05, 0.1) is 10.6 Å². The Labute approximate surface area is 167 Å². The topological polar surface area (TPSA) is 105 Å². The van der Waals surface area contributed by atoms with E-state index >= 15 is 0 Å². The van der Waals surface area contributed by atoms with Crippen LogP contribution in [0.5, 0.6) is 0 Å². The quantitative estimate of drug-likeness (QED) is 0.383. The number of nitrogens with zero attached hydrogens (tertiary/aromatic N) is 2. The van der Waals surface area contributed by atoms with Crippen LogP contribution >= 0.6 is 0 Å². The van der Waals surface area contributed by atoms with Crippen LogP contribution in [0.4, 0.5) is 5.69 Å². The molecule has 3 rings (SSSR count). The molecule has 2 N–H and O–H groups in total. The van der Waals surface area contributed by atoms with Crippen LogP contribution in [0.25, 0.3) is 0 Å². The highest BCUT2D eigenvalue weighted by atomic mass is 16.6. The molecule has 0 saturated heterocycles. The molecule has 0 bridgehead atoms. The molecular weight excluding hydrogens is 370 g/mol. The third-order valence-electron chi connectivity index (χ3n) is 4.51. The van der Waals surface area contributed by atoms with Crippen LogP contribution in [0.15, 0.2) is 90.0 Å². The SMILES string of the molecule is CC(=NNC(=O)C(O)(c1ccccc1)c1ccccc1)c1cccc([N+](=O)[O-])c1. The van der Waals surface area contributed by atoms with E-state index in [2.05, 4.69) is 10.5 Å². The van der Waals surface area contributed by atoms with Crippen molar-refractivity contribution in [2.24, 2.45) is 5.10 Å². The predicted octanol–water partition coefficient (Wildman–Crippen LogP) is 3.37. The molecule has 3 aromatic carbocycles. The molecule has 0 heterocycles. The molecule has 0 aromatic heterocycles. The lowest BCUT2D eigenvalue weighted by atomic mass is 9.85. The second-order valence-electron chi connectivity index (χ2n) is 6.39. The summed E-state index contributed by atoms with van der Waals surface area (Å²) in [5.41, 5.74) is 2.02. The van der Waals surface area contributed by atoms with Crippen LogP contribution in [0.3, 0.4) is 0 Å². The number of nitrogens with one attached hydrogen (secondary N) is 1. The van der Waals surface area contributed by atoms with Crippen LogP contribution in [0.1, 0.15) is 23.6 Å². The number of hydrogen-bond acceptors (Lipinski definition) is 5. The number of nitro groups is 1. The summed E-state index contributed by atoms with van der Waals surface area (Å²) in [5, 5.41) is 26.3. The van der Waals surface area contributed by atoms with Crippen molar-refractivity contribution in [1.29, 1.82) is 0 Å². The molecule has 0 atom stereocenters. The Morgan fingerprint density at radius 1 is 0.966 bits per heavy atom. The highest BCUT2D eigenvalue weighted by molar-refractivity contribution is 6.00. The van der Waals surface area contributed by atoms with Gasteiger partial charge in [0.15, 0.2) is 5.60 Å². The Morgan fingerprint density at radius 3 is 2.03 bits per heavy atom. The van der Waals surface area contributed by atoms with Crippen LogP contribution in [0.2, 0.25) is 0 Å². The molecule has 0 unspecified atom stereocenters. The lowest BCUT2D eigenvalue weighted by Crippen LogP contribution is -2.43. The van der Waals surface area contributed by atoms with E-state index in [0.717, 1.165) is 0 Å². The van der Waals surface area contributed by atoms with E-state index in [4.69, 9.17) is 0 Å². The normalized spacial score (nSPS) is 11.7. The van der Waals surface area contributed by atoms with Gasteiger partial charge in [-0.05, 0) is 18.1 Å². The molecule has 0 radical (unpaired) electrons. The Morgan fingerprint density at radius 2 is 1.52 bits per heavy atom. The summed E-state index contributed by atoms with van der Waals surface area (Å²) < 4.78 is 0. The highest BCUT2D eigenvalue weighted by Crippen LogP contribution is 2.29. The van der Waals surface area contributed by atoms with Crippen molar-refractivity contribution in [1.82, 2.24) is 5.43 Å². The van der Waals surface area contributed by atoms with Gasteiger partial charge in [0, 0.05) is 17.7 Å². The van der Waals surface area contributed by atoms with Crippen LogP contribution in [-0.2, 0) is 10.4 Å². The zero-order valence-electron chi connectivity index (χ0n) is 15.6. The zero-order chi connectivity index (χ0) is 20.9. The summed E-state index contributed by atoms with van der Waals surface area (Å²) in [6.45, 7) is 1.61. The van der Waals surface area contributed by atoms with E-state index < -0.39 is 16.4 Å². The zero-order valence-corrected chi connectivity index (χ0v) is 15.6. The van der Waals surface area contributed by atoms with E-state index in [0.29, 0.717) is 22.4 Å². The summed E-state index contributed by atoms with van der Waals surface area (Å²) in [6.07, 6.45) is 0. The number of carbonyl (C=O) groups is 1. The maximum absolute atomic E-state index is 13.0. The summed E-state index contributed by atoms with van der Waals surface area (Å²) in [7, 11) is 0. The number of rotatable bonds is 6. The van der Waals surface area contributed by atoms with Gasteiger partial charge < -0.3 is 5.11 Å². The minimum Gasteiger partial charge on any atom is -0.372 e. The van der Waals surface area contributed by atoms with Crippen molar-refractivity contribution in [3.63, 3.8) is 0 Å². The second-order valence-corrected chi connectivity index (χ2v) is 6.39. The predicted molar refractivity (Wildman–Crippen MR) is 109 cm³/mol. The molecule has 0 spiro atoms. The molecule has 3 aromatic rings. The summed E-state index contributed by atoms with van der Waals surface area (Å²) in [6, 6.07) is 23.1. The fraction of sp³-hybridized carbons (Fsp3) is 0.0909. The lowest BCUT2D eigenvalue weighted by Gasteiger charge is -2.27. The third-order valence-corrected chi connectivity index (χ3v) is 4.51. The first-order valence-corrected chi connectivity index (χ1v) is 8.86. The molecule has 1 amide bonds. The van der Waals surface area contributed by atoms with Crippen molar-refractivity contribution < 1.29 is 14.8 Å². The van der Waals surface area contributed by atoms with Crippen LogP contribution in [-0.4, -0.2) is 21.6 Å². The van der Waals surface area contributed by atoms with E-state index in [-0.39, 0.29) is 5.69 Å². The number of aliphatic hydroxyl groups is 1. The first-order valence-electron chi connectivity index (χ1n) is 8.86. The van der Waals surface area contributed by atoms with E-state index in [1.807, 2.05) is 0 Å². The smallest absolute Gasteiger partial charge is 0.281 e. The molecule has 0 fully saturated rings. The standard InChI is InChI=1S/C22H19N3O4/c1-16(17-9-8-14-20(15-17)25(28)29)23-24-21(26)22(27,18-10-4-2-5-11-18)19-12-6-3-7-13-19/h2-15,27H,1H3,(H,24,26). The molecule has 0 aliphatic rings. The van der Waals surface area contributed by atoms with E-state index in [9.17, 15) is 20.0 Å². The number of carbonyl (C=O) groups excluding carboxylic acids is 1. The number of benzene rings is 3. The molecule has 0 aliphatic heterocycles. The Bertz CT molecular complexity index is 1010. The third kappa shape index (κ3) is 4.20. The molecule has 0 saturated carbocycles. The average molecular weight is 389 g/mol. The Kier molecular flexibility index (Phi) is 5.80. The summed E-state index contributed by atoms with van der Waals surface area (Å²) in [4.78, 5) is 23.4. The highest BCUT2D eigenvalue weighted by Gasteiger charge is 2.39. The fourth-order valence-corrected chi connectivity index (χ4v) is 2.91. The molecule has 29 heavy (non-hydrogen) atoms. The largest absolute Gasteiger partial charge is 0.372 e. The molecular formula is C22H19N3O4. The summed E-state index contributed by atoms with van der Waals surface area (Å²) in [5.74, 6) is -0.736. The van der Waals surface area contributed by atoms with Gasteiger partial charge in [-0.1, -0.05) is 72.8 Å². The van der Waals surface area contributed by atoms with Gasteiger partial charge >= 0.3 is 0 Å². The van der Waals surface area contributed by atoms with Crippen molar-refractivity contribution in [2.45, 2.75) is 12.5 Å². The number of non-ortho nitro benzene ring substituents is 1. The van der Waals surface area contributed by atoms with Gasteiger partial charge in [0.1, 0.15) is 0 Å². The van der Waals surface area contributed by atoms with Gasteiger partial charge in [-0.2, -0.15) is 5.10 Å². The van der Waals surface area contributed by atoms with Gasteiger partial charge in [-0.3, -0.25) is 14.9 Å². The first kappa shape index (κ1) is 19.9. The summed E-state index contributed by atoms with van der Waals surface area (Å²) >= 11 is 0. The number of hydrogen-bond donors (Lipinski definition) is 2. The second kappa shape index (κ2) is 8.45. The van der Waals surface area contributed by atoms with E-state index in [1.54, 1.807) is 79.7 Å². The average Bonchev–Trinajstić information content (AvgIpc) is 2.77. The lowest BCUT2D eigenvalue weighted by molar-refractivity contribution is -0.384. The van der Waals surface area contributed by atoms with Gasteiger partial charge in [0.25, 0.3) is 11.6 Å². The number of amides is 1. The molecule has 146 valence electrons. The fourth-order valence-electron chi connectivity index (χ4n) is 2.91. The maximum Gasteiger partial charge on any atom is 0.281 e. The van der Waals surface area contributed by atoms with Crippen molar-refractivity contribution in [3.05, 3.63) is 112 Å². The molecule has 7 nitrogen and oxygen atoms in total.